The van der Waals surface area contributed by atoms with Gasteiger partial charge in [0.25, 0.3) is 0 Å². The molecule has 1 heterocycles. The number of nitrogen functional groups attached to an aromatic ring is 1. The van der Waals surface area contributed by atoms with E-state index in [1.54, 1.807) is 18.2 Å². The van der Waals surface area contributed by atoms with Gasteiger partial charge in [-0.3, -0.25) is 9.59 Å². The average Bonchev–Trinajstić information content (AvgIpc) is 2.59. The van der Waals surface area contributed by atoms with Crippen LogP contribution in [0, 0.1) is 0 Å². The zero-order valence-electron chi connectivity index (χ0n) is 8.90. The maximum absolute atomic E-state index is 11.6. The van der Waals surface area contributed by atoms with Crippen molar-refractivity contribution in [2.45, 2.75) is 12.8 Å². The Morgan fingerprint density at radius 3 is 2.44 bits per heavy atom. The second kappa shape index (κ2) is 3.84. The van der Waals surface area contributed by atoms with Gasteiger partial charge in [-0.15, -0.1) is 0 Å². The third-order valence-electron chi connectivity index (χ3n) is 2.50. The molecule has 84 valence electrons. The number of ether oxygens (including phenoxy) is 1. The summed E-state index contributed by atoms with van der Waals surface area (Å²) in [6.45, 7) is 0. The van der Waals surface area contributed by atoms with E-state index in [1.807, 2.05) is 0 Å². The van der Waals surface area contributed by atoms with Gasteiger partial charge in [-0.1, -0.05) is 0 Å². The number of rotatable bonds is 2. The van der Waals surface area contributed by atoms with Crippen molar-refractivity contribution in [2.24, 2.45) is 0 Å². The van der Waals surface area contributed by atoms with Crippen LogP contribution in [0.2, 0.25) is 0 Å². The number of anilines is 2. The summed E-state index contributed by atoms with van der Waals surface area (Å²) in [6, 6.07) is 4.85. The van der Waals surface area contributed by atoms with Crippen molar-refractivity contribution in [3.05, 3.63) is 18.2 Å². The van der Waals surface area contributed by atoms with Gasteiger partial charge in [0.15, 0.2) is 0 Å². The molecule has 1 aliphatic rings. The van der Waals surface area contributed by atoms with Crippen molar-refractivity contribution in [3.63, 3.8) is 0 Å². The van der Waals surface area contributed by atoms with Crippen LogP contribution in [-0.2, 0) is 9.59 Å². The Balaban J connectivity index is 2.47. The van der Waals surface area contributed by atoms with E-state index >= 15 is 0 Å². The van der Waals surface area contributed by atoms with Crippen molar-refractivity contribution in [2.75, 3.05) is 17.7 Å². The van der Waals surface area contributed by atoms with E-state index < -0.39 is 0 Å². The maximum Gasteiger partial charge on any atom is 0.234 e. The van der Waals surface area contributed by atoms with Crippen LogP contribution in [0.1, 0.15) is 12.8 Å². The number of imide groups is 1. The van der Waals surface area contributed by atoms with Crippen LogP contribution in [0.5, 0.6) is 5.75 Å². The SMILES string of the molecule is COc1cc(N)ccc1N1C(=O)CCC1=O. The largest absolute Gasteiger partial charge is 0.494 e. The van der Waals surface area contributed by atoms with Gasteiger partial charge in [-0.2, -0.15) is 0 Å². The molecular formula is C11H12N2O3. The van der Waals surface area contributed by atoms with Crippen LogP contribution in [0.3, 0.4) is 0 Å². The maximum atomic E-state index is 11.6. The molecule has 0 bridgehead atoms. The summed E-state index contributed by atoms with van der Waals surface area (Å²) < 4.78 is 5.11. The first-order valence-electron chi connectivity index (χ1n) is 4.93. The average molecular weight is 220 g/mol. The highest BCUT2D eigenvalue weighted by atomic mass is 16.5. The van der Waals surface area contributed by atoms with Crippen molar-refractivity contribution < 1.29 is 14.3 Å². The zero-order chi connectivity index (χ0) is 11.7. The summed E-state index contributed by atoms with van der Waals surface area (Å²) in [5.74, 6) is 0.0322. The lowest BCUT2D eigenvalue weighted by Gasteiger charge is -2.17. The number of carbonyl (C=O) groups is 2. The lowest BCUT2D eigenvalue weighted by Crippen LogP contribution is -2.28. The molecule has 2 rings (SSSR count). The summed E-state index contributed by atoms with van der Waals surface area (Å²) in [5.41, 5.74) is 6.59. The number of benzene rings is 1. The predicted octanol–water partition coefficient (Wildman–Crippen LogP) is 0.931. The van der Waals surface area contributed by atoms with Gasteiger partial charge in [-0.25, -0.2) is 4.90 Å². The van der Waals surface area contributed by atoms with E-state index in [1.165, 1.54) is 7.11 Å². The van der Waals surface area contributed by atoms with Crippen LogP contribution < -0.4 is 15.4 Å². The van der Waals surface area contributed by atoms with Crippen molar-refractivity contribution in [1.29, 1.82) is 0 Å². The first kappa shape index (κ1) is 10.5. The number of methoxy groups -OCH3 is 1. The second-order valence-corrected chi connectivity index (χ2v) is 3.55. The molecule has 0 aromatic heterocycles. The van der Waals surface area contributed by atoms with E-state index in [9.17, 15) is 9.59 Å². The lowest BCUT2D eigenvalue weighted by molar-refractivity contribution is -0.121. The van der Waals surface area contributed by atoms with Gasteiger partial charge in [-0.05, 0) is 12.1 Å². The fourth-order valence-electron chi connectivity index (χ4n) is 1.72. The molecule has 2 amide bonds. The molecule has 2 N–H and O–H groups in total. The molecule has 1 aromatic rings. The normalized spacial score (nSPS) is 15.7. The Morgan fingerprint density at radius 1 is 1.25 bits per heavy atom. The van der Waals surface area contributed by atoms with Gasteiger partial charge < -0.3 is 10.5 Å². The fraction of sp³-hybridized carbons (Fsp3) is 0.273. The highest BCUT2D eigenvalue weighted by Gasteiger charge is 2.32. The summed E-state index contributed by atoms with van der Waals surface area (Å²) in [5, 5.41) is 0. The molecule has 0 aliphatic carbocycles. The molecule has 16 heavy (non-hydrogen) atoms. The molecule has 0 saturated carbocycles. The minimum absolute atomic E-state index is 0.201. The number of amides is 2. The number of hydrogen-bond acceptors (Lipinski definition) is 4. The first-order valence-corrected chi connectivity index (χ1v) is 4.93. The molecular weight excluding hydrogens is 208 g/mol. The summed E-state index contributed by atoms with van der Waals surface area (Å²) >= 11 is 0. The smallest absolute Gasteiger partial charge is 0.234 e. The van der Waals surface area contributed by atoms with Gasteiger partial charge in [0.05, 0.1) is 12.8 Å². The van der Waals surface area contributed by atoms with Gasteiger partial charge in [0.1, 0.15) is 5.75 Å². The Kier molecular flexibility index (Phi) is 2.52. The molecule has 0 radical (unpaired) electrons. The Morgan fingerprint density at radius 2 is 1.88 bits per heavy atom. The van der Waals surface area contributed by atoms with E-state index in [4.69, 9.17) is 10.5 Å². The fourth-order valence-corrected chi connectivity index (χ4v) is 1.72. The monoisotopic (exact) mass is 220 g/mol. The number of hydrogen-bond donors (Lipinski definition) is 1. The molecule has 1 aromatic carbocycles. The van der Waals surface area contributed by atoms with Crippen LogP contribution >= 0.6 is 0 Å². The Labute approximate surface area is 92.8 Å². The minimum atomic E-state index is -0.201. The topological polar surface area (TPSA) is 72.6 Å². The molecule has 1 saturated heterocycles. The predicted molar refractivity (Wildman–Crippen MR) is 59.1 cm³/mol. The number of nitrogens with two attached hydrogens (primary N) is 1. The van der Waals surface area contributed by atoms with Crippen LogP contribution in [-0.4, -0.2) is 18.9 Å². The van der Waals surface area contributed by atoms with E-state index in [2.05, 4.69) is 0 Å². The molecule has 5 heteroatoms. The Hall–Kier alpha value is -2.04. The van der Waals surface area contributed by atoms with Gasteiger partial charge >= 0.3 is 0 Å². The quantitative estimate of drug-likeness (QED) is 0.594. The van der Waals surface area contributed by atoms with Crippen molar-refractivity contribution in [1.82, 2.24) is 0 Å². The second-order valence-electron chi connectivity index (χ2n) is 3.55. The molecule has 0 atom stereocenters. The standard InChI is InChI=1S/C11H12N2O3/c1-16-9-6-7(12)2-3-8(9)13-10(14)4-5-11(13)15/h2-3,6H,4-5,12H2,1H3. The van der Waals surface area contributed by atoms with Gasteiger partial charge in [0.2, 0.25) is 11.8 Å². The molecule has 0 spiro atoms. The number of carbonyl (C=O) groups excluding carboxylic acids is 2. The highest BCUT2D eigenvalue weighted by Crippen LogP contribution is 2.33. The van der Waals surface area contributed by atoms with Crippen LogP contribution in [0.15, 0.2) is 18.2 Å². The lowest BCUT2D eigenvalue weighted by atomic mass is 10.2. The van der Waals surface area contributed by atoms with E-state index in [-0.39, 0.29) is 24.7 Å². The third kappa shape index (κ3) is 1.60. The summed E-state index contributed by atoms with van der Waals surface area (Å²) in [4.78, 5) is 24.3. The summed E-state index contributed by atoms with van der Waals surface area (Å²) in [6.07, 6.45) is 0.513. The van der Waals surface area contributed by atoms with E-state index in [0.29, 0.717) is 17.1 Å². The molecule has 0 unspecified atom stereocenters. The Bertz CT molecular complexity index is 441. The van der Waals surface area contributed by atoms with Crippen LogP contribution in [0.25, 0.3) is 0 Å². The summed E-state index contributed by atoms with van der Waals surface area (Å²) in [7, 11) is 1.48. The van der Waals surface area contributed by atoms with Crippen LogP contribution in [0.4, 0.5) is 11.4 Å². The van der Waals surface area contributed by atoms with Gasteiger partial charge in [0, 0.05) is 24.6 Å². The first-order chi connectivity index (χ1) is 7.63. The third-order valence-corrected chi connectivity index (χ3v) is 2.50. The number of nitrogens with zero attached hydrogens (tertiary/aromatic N) is 1. The van der Waals surface area contributed by atoms with Crippen molar-refractivity contribution in [3.8, 4) is 5.75 Å². The highest BCUT2D eigenvalue weighted by molar-refractivity contribution is 6.20. The van der Waals surface area contributed by atoms with Crippen molar-refractivity contribution >= 4 is 23.2 Å². The molecule has 1 fully saturated rings. The molecule has 1 aliphatic heterocycles. The minimum Gasteiger partial charge on any atom is -0.494 e. The molecule has 5 nitrogen and oxygen atoms in total. The zero-order valence-corrected chi connectivity index (χ0v) is 8.90. The van der Waals surface area contributed by atoms with E-state index in [0.717, 1.165) is 4.90 Å².